The molecule has 0 bridgehead atoms. The molecule has 0 radical (unpaired) electrons. The number of aromatic nitrogens is 1. The molecular weight excluding hydrogens is 424 g/mol. The van der Waals surface area contributed by atoms with Gasteiger partial charge in [0.1, 0.15) is 11.5 Å². The summed E-state index contributed by atoms with van der Waals surface area (Å²) in [6.45, 7) is 4.53. The number of fused-ring (bicyclic) bond motifs is 1. The lowest BCUT2D eigenvalue weighted by Gasteiger charge is -2.29. The van der Waals surface area contributed by atoms with Crippen molar-refractivity contribution in [1.82, 2.24) is 14.8 Å². The van der Waals surface area contributed by atoms with E-state index in [-0.39, 0.29) is 35.5 Å². The molecule has 0 fully saturated rings. The highest BCUT2D eigenvalue weighted by Gasteiger charge is 2.26. The Kier molecular flexibility index (Phi) is 6.06. The van der Waals surface area contributed by atoms with Gasteiger partial charge in [0.15, 0.2) is 5.82 Å². The Morgan fingerprint density at radius 2 is 1.79 bits per heavy atom. The fraction of sp³-hybridized carbons (Fsp3) is 0.308. The lowest BCUT2D eigenvalue weighted by molar-refractivity contribution is -0.133. The van der Waals surface area contributed by atoms with Crippen LogP contribution in [0.15, 0.2) is 42.5 Å². The number of benzene rings is 2. The van der Waals surface area contributed by atoms with Gasteiger partial charge in [-0.05, 0) is 35.8 Å². The van der Waals surface area contributed by atoms with Gasteiger partial charge >= 0.3 is 0 Å². The number of halogens is 2. The van der Waals surface area contributed by atoms with E-state index in [1.165, 1.54) is 11.0 Å². The molecule has 0 saturated carbocycles. The molecule has 172 valence electrons. The van der Waals surface area contributed by atoms with Gasteiger partial charge in [-0.1, -0.05) is 38.1 Å². The van der Waals surface area contributed by atoms with Crippen molar-refractivity contribution < 1.29 is 18.4 Å². The molecule has 7 heteroatoms. The Hall–Kier alpha value is -3.48. The summed E-state index contributed by atoms with van der Waals surface area (Å²) in [7, 11) is 3.22. The van der Waals surface area contributed by atoms with Crippen LogP contribution in [-0.4, -0.2) is 53.8 Å². The molecule has 4 rings (SSSR count). The van der Waals surface area contributed by atoms with E-state index in [1.54, 1.807) is 49.3 Å². The van der Waals surface area contributed by atoms with Gasteiger partial charge in [0.05, 0.1) is 5.52 Å². The summed E-state index contributed by atoms with van der Waals surface area (Å²) in [5, 5.41) is 0.429. The molecule has 3 aromatic rings. The maximum atomic E-state index is 15.8. The average molecular weight is 452 g/mol. The fourth-order valence-corrected chi connectivity index (χ4v) is 4.24. The number of amides is 2. The molecule has 5 nitrogen and oxygen atoms in total. The monoisotopic (exact) mass is 451 g/mol. The van der Waals surface area contributed by atoms with Gasteiger partial charge in [-0.25, -0.2) is 8.78 Å². The van der Waals surface area contributed by atoms with Crippen LogP contribution in [0.1, 0.15) is 36.3 Å². The van der Waals surface area contributed by atoms with Crippen molar-refractivity contribution >= 4 is 28.3 Å². The van der Waals surface area contributed by atoms with Crippen LogP contribution in [0.3, 0.4) is 0 Å². The number of H-pyrrole nitrogens is 1. The second-order valence-electron chi connectivity index (χ2n) is 8.87. The quantitative estimate of drug-likeness (QED) is 0.601. The van der Waals surface area contributed by atoms with Gasteiger partial charge in [0.25, 0.3) is 5.91 Å². The highest BCUT2D eigenvalue weighted by Crippen LogP contribution is 2.37. The third kappa shape index (κ3) is 4.15. The summed E-state index contributed by atoms with van der Waals surface area (Å²) in [6.07, 6.45) is 2.53. The van der Waals surface area contributed by atoms with Crippen LogP contribution in [0.4, 0.5) is 8.78 Å². The number of nitrogens with one attached hydrogen (secondary N) is 1. The second kappa shape index (κ2) is 8.81. The Morgan fingerprint density at radius 1 is 1.06 bits per heavy atom. The summed E-state index contributed by atoms with van der Waals surface area (Å²) in [5.74, 6) is -1.42. The lowest BCUT2D eigenvalue weighted by atomic mass is 9.93. The number of rotatable bonds is 4. The van der Waals surface area contributed by atoms with Gasteiger partial charge in [0, 0.05) is 49.6 Å². The van der Waals surface area contributed by atoms with E-state index in [9.17, 15) is 14.0 Å². The van der Waals surface area contributed by atoms with Crippen molar-refractivity contribution in [2.75, 3.05) is 27.2 Å². The van der Waals surface area contributed by atoms with Crippen LogP contribution < -0.4 is 0 Å². The average Bonchev–Trinajstić information content (AvgIpc) is 3.25. The molecule has 0 aliphatic carbocycles. The molecule has 2 amide bonds. The van der Waals surface area contributed by atoms with Crippen LogP contribution in [0, 0.1) is 17.6 Å². The van der Waals surface area contributed by atoms with Crippen LogP contribution in [-0.2, 0) is 4.79 Å². The van der Waals surface area contributed by atoms with Crippen LogP contribution in [0.5, 0.6) is 0 Å². The van der Waals surface area contributed by atoms with Crippen molar-refractivity contribution in [1.29, 1.82) is 0 Å². The molecule has 0 atom stereocenters. The normalized spacial score (nSPS) is 14.0. The summed E-state index contributed by atoms with van der Waals surface area (Å²) >= 11 is 0. The Bertz CT molecular complexity index is 1270. The smallest absolute Gasteiger partial charge is 0.269 e. The third-order valence-corrected chi connectivity index (χ3v) is 5.96. The first-order valence-corrected chi connectivity index (χ1v) is 11.0. The van der Waals surface area contributed by atoms with Crippen molar-refractivity contribution in [3.05, 3.63) is 65.4 Å². The number of carbonyl (C=O) groups excluding carboxylic acids is 2. The Labute approximate surface area is 191 Å². The first kappa shape index (κ1) is 22.7. The minimum absolute atomic E-state index is 0.00940. The maximum absolute atomic E-state index is 15.8. The molecule has 33 heavy (non-hydrogen) atoms. The predicted molar refractivity (Wildman–Crippen MR) is 126 cm³/mol. The number of hydrogen-bond acceptors (Lipinski definition) is 2. The molecule has 2 heterocycles. The molecule has 1 aromatic heterocycles. The highest BCUT2D eigenvalue weighted by atomic mass is 19.1. The zero-order chi connectivity index (χ0) is 23.9. The van der Waals surface area contributed by atoms with Gasteiger partial charge in [-0.3, -0.25) is 9.59 Å². The summed E-state index contributed by atoms with van der Waals surface area (Å²) in [6, 6.07) is 9.49. The Balaban J connectivity index is 1.92. The molecule has 2 aromatic carbocycles. The van der Waals surface area contributed by atoms with E-state index in [0.717, 1.165) is 0 Å². The van der Waals surface area contributed by atoms with E-state index in [2.05, 4.69) is 4.98 Å². The van der Waals surface area contributed by atoms with Crippen molar-refractivity contribution in [3.63, 3.8) is 0 Å². The van der Waals surface area contributed by atoms with Crippen LogP contribution in [0.25, 0.3) is 27.6 Å². The van der Waals surface area contributed by atoms with E-state index < -0.39 is 11.6 Å². The van der Waals surface area contributed by atoms with Crippen LogP contribution in [0.2, 0.25) is 0 Å². The second-order valence-corrected chi connectivity index (χ2v) is 8.87. The van der Waals surface area contributed by atoms with Gasteiger partial charge in [-0.15, -0.1) is 0 Å². The largest absolute Gasteiger partial charge is 0.348 e. The lowest BCUT2D eigenvalue weighted by Crippen LogP contribution is -2.38. The number of carbonyl (C=O) groups is 2. The van der Waals surface area contributed by atoms with E-state index in [0.29, 0.717) is 40.6 Å². The molecule has 1 N–H and O–H groups in total. The Morgan fingerprint density at radius 3 is 2.45 bits per heavy atom. The van der Waals surface area contributed by atoms with E-state index in [1.807, 2.05) is 19.9 Å². The molecule has 0 unspecified atom stereocenters. The summed E-state index contributed by atoms with van der Waals surface area (Å²) in [4.78, 5) is 31.1. The molecule has 1 aliphatic rings. The molecule has 0 spiro atoms. The molecule has 1 aliphatic heterocycles. The SMILES string of the molecule is CC(C)C(=O)N1CCC=C(c2cc(-c3ccccc3F)c3cc(C(=O)N(C)C)[nH]c3c2F)C1. The minimum Gasteiger partial charge on any atom is -0.348 e. The molecule has 0 saturated heterocycles. The van der Waals surface area contributed by atoms with Gasteiger partial charge in [-0.2, -0.15) is 0 Å². The maximum Gasteiger partial charge on any atom is 0.269 e. The van der Waals surface area contributed by atoms with Crippen molar-refractivity contribution in [2.24, 2.45) is 5.92 Å². The first-order valence-electron chi connectivity index (χ1n) is 11.0. The van der Waals surface area contributed by atoms with Gasteiger partial charge in [0.2, 0.25) is 5.91 Å². The number of hydrogen-bond donors (Lipinski definition) is 1. The van der Waals surface area contributed by atoms with Crippen molar-refractivity contribution in [2.45, 2.75) is 20.3 Å². The predicted octanol–water partition coefficient (Wildman–Crippen LogP) is 5.09. The third-order valence-electron chi connectivity index (χ3n) is 5.96. The van der Waals surface area contributed by atoms with Crippen LogP contribution >= 0.6 is 0 Å². The topological polar surface area (TPSA) is 56.4 Å². The van der Waals surface area contributed by atoms with E-state index >= 15 is 4.39 Å². The number of aromatic amines is 1. The van der Waals surface area contributed by atoms with Crippen molar-refractivity contribution in [3.8, 4) is 11.1 Å². The fourth-order valence-electron chi connectivity index (χ4n) is 4.24. The number of nitrogens with zero attached hydrogens (tertiary/aromatic N) is 2. The van der Waals surface area contributed by atoms with Gasteiger partial charge < -0.3 is 14.8 Å². The summed E-state index contributed by atoms with van der Waals surface area (Å²) < 4.78 is 30.6. The zero-order valence-electron chi connectivity index (χ0n) is 19.2. The highest BCUT2D eigenvalue weighted by molar-refractivity contribution is 6.04. The first-order chi connectivity index (χ1) is 15.7. The zero-order valence-corrected chi connectivity index (χ0v) is 19.2. The summed E-state index contributed by atoms with van der Waals surface area (Å²) in [5.41, 5.74) is 2.14. The molecular formula is C26H27F2N3O2. The van der Waals surface area contributed by atoms with E-state index in [4.69, 9.17) is 0 Å². The minimum atomic E-state index is -0.520. The standard InChI is InChI=1S/C26H27F2N3O2/c1-15(2)25(32)31-11-7-8-16(14-31)18-12-19(17-9-5-6-10-21(17)27)20-13-22(26(33)30(3)4)29-24(20)23(18)28/h5-6,8-10,12-13,15,29H,7,11,14H2,1-4H3.